The molecule has 0 heterocycles. The van der Waals surface area contributed by atoms with E-state index in [0.717, 1.165) is 12.5 Å². The van der Waals surface area contributed by atoms with Gasteiger partial charge in [0.1, 0.15) is 11.6 Å². The quantitative estimate of drug-likeness (QED) is 0.724. The monoisotopic (exact) mass is 254 g/mol. The van der Waals surface area contributed by atoms with Gasteiger partial charge in [-0.15, -0.1) is 0 Å². The van der Waals surface area contributed by atoms with E-state index in [2.05, 4.69) is 10.6 Å². The Hall–Kier alpha value is -1.62. The number of hydrogen-bond acceptors (Lipinski definition) is 3. The number of rotatable bonds is 6. The molecule has 0 aliphatic rings. The Morgan fingerprint density at radius 3 is 2.83 bits per heavy atom. The first-order valence-corrected chi connectivity index (χ1v) is 6.03. The number of hydrogen-bond donors (Lipinski definition) is 3. The Morgan fingerprint density at radius 1 is 1.50 bits per heavy atom. The maximum Gasteiger partial charge on any atom is 0.233 e. The number of benzene rings is 1. The molecule has 5 heteroatoms. The summed E-state index contributed by atoms with van der Waals surface area (Å²) in [6, 6.07) is 3.62. The van der Waals surface area contributed by atoms with Crippen LogP contribution in [0.15, 0.2) is 18.2 Å². The first-order chi connectivity index (χ1) is 8.54. The van der Waals surface area contributed by atoms with Gasteiger partial charge in [-0.1, -0.05) is 13.0 Å². The lowest BCUT2D eigenvalue weighted by Crippen LogP contribution is -2.35. The second-order valence-electron chi connectivity index (χ2n) is 4.16. The standard InChI is InChI=1S/C13H19FN2O2/c1-3-6-15-13(18)8-16-9(2)11-5-4-10(14)7-12(11)17/h4-5,7,9,16-17H,3,6,8H2,1-2H3,(H,15,18). The van der Waals surface area contributed by atoms with Crippen molar-refractivity contribution >= 4 is 5.91 Å². The van der Waals surface area contributed by atoms with Crippen molar-refractivity contribution in [3.05, 3.63) is 29.6 Å². The number of amides is 1. The molecule has 3 N–H and O–H groups in total. The van der Waals surface area contributed by atoms with Gasteiger partial charge in [-0.05, 0) is 19.4 Å². The van der Waals surface area contributed by atoms with Gasteiger partial charge in [-0.3, -0.25) is 4.79 Å². The van der Waals surface area contributed by atoms with Crippen molar-refractivity contribution < 1.29 is 14.3 Å². The third-order valence-corrected chi connectivity index (χ3v) is 2.60. The van der Waals surface area contributed by atoms with Gasteiger partial charge in [0.15, 0.2) is 0 Å². The van der Waals surface area contributed by atoms with Crippen molar-refractivity contribution in [3.8, 4) is 5.75 Å². The summed E-state index contributed by atoms with van der Waals surface area (Å²) in [6.07, 6.45) is 0.889. The van der Waals surface area contributed by atoms with Gasteiger partial charge in [0.2, 0.25) is 5.91 Å². The molecule has 1 aromatic carbocycles. The molecule has 1 atom stereocenters. The molecule has 1 aromatic rings. The van der Waals surface area contributed by atoms with Gasteiger partial charge in [0.05, 0.1) is 6.54 Å². The lowest BCUT2D eigenvalue weighted by molar-refractivity contribution is -0.120. The average Bonchev–Trinajstić information content (AvgIpc) is 2.33. The van der Waals surface area contributed by atoms with E-state index in [4.69, 9.17) is 0 Å². The molecule has 1 amide bonds. The summed E-state index contributed by atoms with van der Waals surface area (Å²) in [5, 5.41) is 15.3. The highest BCUT2D eigenvalue weighted by Crippen LogP contribution is 2.24. The Balaban J connectivity index is 2.50. The molecule has 100 valence electrons. The zero-order valence-corrected chi connectivity index (χ0v) is 10.7. The Labute approximate surface area is 106 Å². The molecular formula is C13H19FN2O2. The molecule has 0 aromatic heterocycles. The maximum atomic E-state index is 12.8. The smallest absolute Gasteiger partial charge is 0.233 e. The largest absolute Gasteiger partial charge is 0.508 e. The molecule has 0 aliphatic heterocycles. The molecule has 0 radical (unpaired) electrons. The molecule has 0 aliphatic carbocycles. The van der Waals surface area contributed by atoms with Crippen LogP contribution in [0.5, 0.6) is 5.75 Å². The Bertz CT molecular complexity index is 410. The van der Waals surface area contributed by atoms with Crippen molar-refractivity contribution in [1.82, 2.24) is 10.6 Å². The Morgan fingerprint density at radius 2 is 2.22 bits per heavy atom. The van der Waals surface area contributed by atoms with E-state index in [1.165, 1.54) is 12.1 Å². The van der Waals surface area contributed by atoms with Crippen LogP contribution < -0.4 is 10.6 Å². The van der Waals surface area contributed by atoms with Gasteiger partial charge >= 0.3 is 0 Å². The zero-order chi connectivity index (χ0) is 13.5. The molecule has 4 nitrogen and oxygen atoms in total. The molecular weight excluding hydrogens is 235 g/mol. The molecule has 0 fully saturated rings. The molecule has 0 bridgehead atoms. The summed E-state index contributed by atoms with van der Waals surface area (Å²) in [6.45, 7) is 4.60. The minimum Gasteiger partial charge on any atom is -0.508 e. The first kappa shape index (κ1) is 14.4. The second kappa shape index (κ2) is 6.96. The fourth-order valence-electron chi connectivity index (χ4n) is 1.57. The van der Waals surface area contributed by atoms with E-state index >= 15 is 0 Å². The lowest BCUT2D eigenvalue weighted by Gasteiger charge is -2.15. The fraction of sp³-hybridized carbons (Fsp3) is 0.462. The molecule has 0 saturated heterocycles. The lowest BCUT2D eigenvalue weighted by atomic mass is 10.1. The van der Waals surface area contributed by atoms with E-state index in [9.17, 15) is 14.3 Å². The van der Waals surface area contributed by atoms with Gasteiger partial charge < -0.3 is 15.7 Å². The van der Waals surface area contributed by atoms with Gasteiger partial charge in [-0.25, -0.2) is 4.39 Å². The van der Waals surface area contributed by atoms with Gasteiger partial charge in [0, 0.05) is 24.2 Å². The number of phenols is 1. The van der Waals surface area contributed by atoms with Crippen LogP contribution >= 0.6 is 0 Å². The third-order valence-electron chi connectivity index (χ3n) is 2.60. The molecule has 1 unspecified atom stereocenters. The molecule has 18 heavy (non-hydrogen) atoms. The van der Waals surface area contributed by atoms with E-state index in [-0.39, 0.29) is 24.2 Å². The van der Waals surface area contributed by atoms with Crippen LogP contribution in [-0.2, 0) is 4.79 Å². The summed E-state index contributed by atoms with van der Waals surface area (Å²) < 4.78 is 12.8. The number of aromatic hydroxyl groups is 1. The van der Waals surface area contributed by atoms with Crippen LogP contribution in [0.1, 0.15) is 31.9 Å². The highest BCUT2D eigenvalue weighted by Gasteiger charge is 2.11. The van der Waals surface area contributed by atoms with E-state index in [0.29, 0.717) is 12.1 Å². The molecule has 0 saturated carbocycles. The van der Waals surface area contributed by atoms with Crippen molar-refractivity contribution in [2.75, 3.05) is 13.1 Å². The number of nitrogens with one attached hydrogen (secondary N) is 2. The third kappa shape index (κ3) is 4.33. The van der Waals surface area contributed by atoms with E-state index in [1.807, 2.05) is 6.92 Å². The summed E-state index contributed by atoms with van der Waals surface area (Å²) in [7, 11) is 0. The topological polar surface area (TPSA) is 61.4 Å². The number of carbonyl (C=O) groups excluding carboxylic acids is 1. The summed E-state index contributed by atoms with van der Waals surface area (Å²) in [5.74, 6) is -0.682. The van der Waals surface area contributed by atoms with Crippen LogP contribution in [-0.4, -0.2) is 24.1 Å². The summed E-state index contributed by atoms with van der Waals surface area (Å²) in [5.41, 5.74) is 0.569. The molecule has 1 rings (SSSR count). The van der Waals surface area contributed by atoms with Crippen LogP contribution in [0.4, 0.5) is 4.39 Å². The highest BCUT2D eigenvalue weighted by atomic mass is 19.1. The van der Waals surface area contributed by atoms with Crippen LogP contribution in [0.3, 0.4) is 0 Å². The van der Waals surface area contributed by atoms with Crippen LogP contribution in [0, 0.1) is 5.82 Å². The van der Waals surface area contributed by atoms with E-state index in [1.54, 1.807) is 6.92 Å². The van der Waals surface area contributed by atoms with Crippen LogP contribution in [0.25, 0.3) is 0 Å². The SMILES string of the molecule is CCCNC(=O)CNC(C)c1ccc(F)cc1O. The summed E-state index contributed by atoms with van der Waals surface area (Å²) in [4.78, 5) is 11.4. The normalized spacial score (nSPS) is 12.2. The van der Waals surface area contributed by atoms with Crippen molar-refractivity contribution in [2.45, 2.75) is 26.3 Å². The zero-order valence-electron chi connectivity index (χ0n) is 10.7. The predicted octanol–water partition coefficient (Wildman–Crippen LogP) is 1.71. The predicted molar refractivity (Wildman–Crippen MR) is 67.8 cm³/mol. The number of phenolic OH excluding ortho intramolecular Hbond substituents is 1. The first-order valence-electron chi connectivity index (χ1n) is 6.03. The van der Waals surface area contributed by atoms with E-state index < -0.39 is 5.82 Å². The van der Waals surface area contributed by atoms with Gasteiger partial charge in [-0.2, -0.15) is 0 Å². The highest BCUT2D eigenvalue weighted by molar-refractivity contribution is 5.78. The second-order valence-corrected chi connectivity index (χ2v) is 4.16. The average molecular weight is 254 g/mol. The van der Waals surface area contributed by atoms with Crippen molar-refractivity contribution in [1.29, 1.82) is 0 Å². The summed E-state index contributed by atoms with van der Waals surface area (Å²) >= 11 is 0. The van der Waals surface area contributed by atoms with Gasteiger partial charge in [0.25, 0.3) is 0 Å². The van der Waals surface area contributed by atoms with Crippen molar-refractivity contribution in [2.24, 2.45) is 0 Å². The maximum absolute atomic E-state index is 12.8. The minimum absolute atomic E-state index is 0.0923. The van der Waals surface area contributed by atoms with Crippen LogP contribution in [0.2, 0.25) is 0 Å². The molecule has 0 spiro atoms. The number of carbonyl (C=O) groups is 1. The van der Waals surface area contributed by atoms with Crippen molar-refractivity contribution in [3.63, 3.8) is 0 Å². The fourth-order valence-corrected chi connectivity index (χ4v) is 1.57. The Kier molecular flexibility index (Phi) is 5.58. The number of halogens is 1. The minimum atomic E-state index is -0.482.